The molecule has 0 fully saturated rings. The fourth-order valence-corrected chi connectivity index (χ4v) is 3.51. The molecule has 1 atom stereocenters. The normalized spacial score (nSPS) is 17.3. The molecule has 2 aromatic rings. The molecule has 172 valence electrons. The number of aryl methyl sites for hydroxylation is 1. The second kappa shape index (κ2) is 11.7. The monoisotopic (exact) mass is 542 g/mol. The van der Waals surface area contributed by atoms with Gasteiger partial charge in [0.2, 0.25) is 0 Å². The summed E-state index contributed by atoms with van der Waals surface area (Å²) in [6.45, 7) is 10.9. The number of hydrogen-bond donors (Lipinski definition) is 2. The van der Waals surface area contributed by atoms with Gasteiger partial charge in [0.15, 0.2) is 11.8 Å². The lowest BCUT2D eigenvalue weighted by Crippen LogP contribution is -2.45. The van der Waals surface area contributed by atoms with Crippen molar-refractivity contribution in [1.82, 2.24) is 25.4 Å². The van der Waals surface area contributed by atoms with Crippen LogP contribution in [0.4, 0.5) is 0 Å². The minimum absolute atomic E-state index is 0. The summed E-state index contributed by atoms with van der Waals surface area (Å²) in [5.41, 5.74) is 0.891. The fourth-order valence-electron chi connectivity index (χ4n) is 3.51. The molecule has 0 saturated heterocycles. The van der Waals surface area contributed by atoms with E-state index in [1.54, 1.807) is 0 Å². The molecule has 0 spiro atoms. The molecule has 0 aliphatic carbocycles. The highest BCUT2D eigenvalue weighted by Crippen LogP contribution is 2.39. The molecule has 8 nitrogen and oxygen atoms in total. The van der Waals surface area contributed by atoms with Crippen LogP contribution in [-0.2, 0) is 18.3 Å². The Balaban J connectivity index is 0.00000341. The van der Waals surface area contributed by atoms with E-state index in [0.29, 0.717) is 6.54 Å². The van der Waals surface area contributed by atoms with Gasteiger partial charge in [-0.1, -0.05) is 18.2 Å². The Kier molecular flexibility index (Phi) is 9.54. The average Bonchev–Trinajstić information content (AvgIpc) is 3.03. The second-order valence-corrected chi connectivity index (χ2v) is 8.17. The molecule has 1 aromatic carbocycles. The van der Waals surface area contributed by atoms with E-state index in [-0.39, 0.29) is 35.6 Å². The van der Waals surface area contributed by atoms with Crippen molar-refractivity contribution < 1.29 is 9.47 Å². The van der Waals surface area contributed by atoms with E-state index in [4.69, 9.17) is 14.5 Å². The Bertz CT molecular complexity index is 867. The third-order valence-corrected chi connectivity index (χ3v) is 5.21. The van der Waals surface area contributed by atoms with Gasteiger partial charge in [0, 0.05) is 38.8 Å². The van der Waals surface area contributed by atoms with Crippen LogP contribution < -0.4 is 15.4 Å². The molecule has 2 heterocycles. The van der Waals surface area contributed by atoms with Crippen LogP contribution >= 0.6 is 24.0 Å². The number of aromatic nitrogens is 3. The predicted molar refractivity (Wildman–Crippen MR) is 133 cm³/mol. The lowest BCUT2D eigenvalue weighted by Gasteiger charge is -2.38. The second-order valence-electron chi connectivity index (χ2n) is 8.17. The van der Waals surface area contributed by atoms with Crippen LogP contribution in [0, 0.1) is 6.92 Å². The average molecular weight is 542 g/mol. The zero-order chi connectivity index (χ0) is 21.6. The van der Waals surface area contributed by atoms with Gasteiger partial charge in [-0.15, -0.1) is 34.2 Å². The van der Waals surface area contributed by atoms with Crippen molar-refractivity contribution in [2.75, 3.05) is 19.8 Å². The molecule has 1 aromatic heterocycles. The van der Waals surface area contributed by atoms with E-state index in [2.05, 4.69) is 40.7 Å². The molecule has 0 saturated carbocycles. The highest BCUT2D eigenvalue weighted by molar-refractivity contribution is 14.0. The molecule has 0 amide bonds. The van der Waals surface area contributed by atoms with Gasteiger partial charge in [-0.05, 0) is 40.2 Å². The summed E-state index contributed by atoms with van der Waals surface area (Å²) in [7, 11) is 1.96. The van der Waals surface area contributed by atoms with E-state index in [1.807, 2.05) is 43.7 Å². The van der Waals surface area contributed by atoms with Crippen LogP contribution in [0.3, 0.4) is 0 Å². The molecule has 3 rings (SSSR count). The number of fused-ring (bicyclic) bond motifs is 1. The summed E-state index contributed by atoms with van der Waals surface area (Å²) in [5, 5.41) is 15.4. The van der Waals surface area contributed by atoms with E-state index in [9.17, 15) is 0 Å². The van der Waals surface area contributed by atoms with Crippen molar-refractivity contribution in [2.24, 2.45) is 12.0 Å². The molecule has 0 radical (unpaired) electrons. The minimum atomic E-state index is -0.257. The van der Waals surface area contributed by atoms with Crippen LogP contribution in [-0.4, -0.2) is 46.1 Å². The maximum atomic E-state index is 6.17. The molecule has 0 bridgehead atoms. The van der Waals surface area contributed by atoms with Gasteiger partial charge in [-0.3, -0.25) is 0 Å². The van der Waals surface area contributed by atoms with Gasteiger partial charge in [0.25, 0.3) is 0 Å². The van der Waals surface area contributed by atoms with Crippen LogP contribution in [0.2, 0.25) is 0 Å². The molecule has 2 N–H and O–H groups in total. The van der Waals surface area contributed by atoms with Gasteiger partial charge >= 0.3 is 0 Å². The molecule has 1 unspecified atom stereocenters. The largest absolute Gasteiger partial charge is 0.487 e. The Morgan fingerprint density at radius 1 is 1.32 bits per heavy atom. The van der Waals surface area contributed by atoms with Crippen LogP contribution in [0.5, 0.6) is 5.75 Å². The topological polar surface area (TPSA) is 85.6 Å². The number of nitrogens with one attached hydrogen (secondary N) is 2. The number of para-hydroxylation sites is 1. The van der Waals surface area contributed by atoms with Gasteiger partial charge in [0.05, 0.1) is 6.04 Å². The zero-order valence-electron chi connectivity index (χ0n) is 19.1. The maximum Gasteiger partial charge on any atom is 0.192 e. The van der Waals surface area contributed by atoms with Crippen molar-refractivity contribution >= 4 is 29.9 Å². The lowest BCUT2D eigenvalue weighted by atomic mass is 9.90. The fraction of sp³-hybridized carbons (Fsp3) is 0.591. The van der Waals surface area contributed by atoms with Crippen LogP contribution in [0.1, 0.15) is 56.9 Å². The summed E-state index contributed by atoms with van der Waals surface area (Å²) < 4.78 is 13.6. The summed E-state index contributed by atoms with van der Waals surface area (Å²) >= 11 is 0. The number of rotatable bonds is 8. The van der Waals surface area contributed by atoms with Crippen LogP contribution in [0.25, 0.3) is 0 Å². The zero-order valence-corrected chi connectivity index (χ0v) is 21.5. The van der Waals surface area contributed by atoms with Gasteiger partial charge in [-0.2, -0.15) is 0 Å². The molecule has 9 heteroatoms. The molecule has 31 heavy (non-hydrogen) atoms. The number of halogens is 1. The standard InChI is InChI=1S/C22H34N6O2.HI/c1-6-29-13-9-12-23-21(24-15-20-27-26-16(2)28(20)5)25-18-14-22(3,4)30-19-11-8-7-10-17(18)19;/h7-8,10-11,18H,6,9,12-15H2,1-5H3,(H2,23,24,25);1H. The third-order valence-electron chi connectivity index (χ3n) is 5.21. The first-order chi connectivity index (χ1) is 14.4. The van der Waals surface area contributed by atoms with E-state index in [1.165, 1.54) is 0 Å². The Hall–Kier alpha value is -1.88. The summed E-state index contributed by atoms with van der Waals surface area (Å²) in [4.78, 5) is 4.79. The minimum Gasteiger partial charge on any atom is -0.487 e. The van der Waals surface area contributed by atoms with Crippen LogP contribution in [0.15, 0.2) is 29.3 Å². The number of hydrogen-bond acceptors (Lipinski definition) is 5. The van der Waals surface area contributed by atoms with Crippen molar-refractivity contribution in [2.45, 2.75) is 58.7 Å². The Morgan fingerprint density at radius 2 is 2.10 bits per heavy atom. The first-order valence-corrected chi connectivity index (χ1v) is 10.6. The quantitative estimate of drug-likeness (QED) is 0.230. The number of ether oxygens (including phenoxy) is 2. The molecular formula is C22H35IN6O2. The lowest BCUT2D eigenvalue weighted by molar-refractivity contribution is 0.0694. The van der Waals surface area contributed by atoms with Crippen molar-refractivity contribution in [3.8, 4) is 5.75 Å². The highest BCUT2D eigenvalue weighted by Gasteiger charge is 2.34. The van der Waals surface area contributed by atoms with Gasteiger partial charge in [0.1, 0.15) is 23.7 Å². The SMILES string of the molecule is CCOCCCNC(=NCc1nnc(C)n1C)NC1CC(C)(C)Oc2ccccc21.I. The molecular weight excluding hydrogens is 507 g/mol. The number of guanidine groups is 1. The van der Waals surface area contributed by atoms with E-state index < -0.39 is 0 Å². The van der Waals surface area contributed by atoms with E-state index >= 15 is 0 Å². The Labute approximate surface area is 202 Å². The van der Waals surface area contributed by atoms with Crippen molar-refractivity contribution in [3.63, 3.8) is 0 Å². The number of benzene rings is 1. The predicted octanol–water partition coefficient (Wildman–Crippen LogP) is 3.51. The Morgan fingerprint density at radius 3 is 2.81 bits per heavy atom. The molecule has 1 aliphatic rings. The first-order valence-electron chi connectivity index (χ1n) is 10.6. The van der Waals surface area contributed by atoms with Gasteiger partial charge in [-0.25, -0.2) is 4.99 Å². The number of nitrogens with zero attached hydrogens (tertiary/aromatic N) is 4. The maximum absolute atomic E-state index is 6.17. The smallest absolute Gasteiger partial charge is 0.192 e. The van der Waals surface area contributed by atoms with E-state index in [0.717, 1.165) is 61.5 Å². The molecule has 1 aliphatic heterocycles. The number of aliphatic imine (C=N–C) groups is 1. The van der Waals surface area contributed by atoms with Crippen molar-refractivity contribution in [3.05, 3.63) is 41.5 Å². The van der Waals surface area contributed by atoms with Crippen molar-refractivity contribution in [1.29, 1.82) is 0 Å². The first kappa shape index (κ1) is 25.4. The summed E-state index contributed by atoms with van der Waals surface area (Å²) in [5.74, 6) is 3.38. The summed E-state index contributed by atoms with van der Waals surface area (Å²) in [6.07, 6.45) is 1.75. The summed E-state index contributed by atoms with van der Waals surface area (Å²) in [6, 6.07) is 8.29. The third kappa shape index (κ3) is 7.06. The highest BCUT2D eigenvalue weighted by atomic mass is 127. The van der Waals surface area contributed by atoms with Gasteiger partial charge < -0.3 is 24.7 Å².